The van der Waals surface area contributed by atoms with E-state index in [0.29, 0.717) is 0 Å². The highest BCUT2D eigenvalue weighted by molar-refractivity contribution is 5.14. The number of rotatable bonds is 4. The van der Waals surface area contributed by atoms with Crippen molar-refractivity contribution in [3.63, 3.8) is 0 Å². The van der Waals surface area contributed by atoms with Gasteiger partial charge in [-0.15, -0.1) is 0 Å². The van der Waals surface area contributed by atoms with Gasteiger partial charge in [0.25, 0.3) is 0 Å². The van der Waals surface area contributed by atoms with Crippen LogP contribution in [0, 0.1) is 17.2 Å². The zero-order valence-corrected chi connectivity index (χ0v) is 9.20. The normalized spacial score (nSPS) is 15.0. The Morgan fingerprint density at radius 3 is 2.47 bits per heavy atom. The summed E-state index contributed by atoms with van der Waals surface area (Å²) in [5.41, 5.74) is 0.832. The van der Waals surface area contributed by atoms with Crippen molar-refractivity contribution < 1.29 is 13.2 Å². The molecule has 3 nitrogen and oxygen atoms in total. The van der Waals surface area contributed by atoms with Crippen molar-refractivity contribution in [3.05, 3.63) is 30.1 Å². The van der Waals surface area contributed by atoms with Gasteiger partial charge in [-0.2, -0.15) is 18.4 Å². The molecule has 0 amide bonds. The average molecular weight is 243 g/mol. The Hall–Kier alpha value is -1.61. The summed E-state index contributed by atoms with van der Waals surface area (Å²) in [7, 11) is 0. The predicted molar refractivity (Wildman–Crippen MR) is 55.8 cm³/mol. The first-order valence-electron chi connectivity index (χ1n) is 5.04. The monoisotopic (exact) mass is 243 g/mol. The van der Waals surface area contributed by atoms with Crippen LogP contribution in [0.2, 0.25) is 0 Å². The van der Waals surface area contributed by atoms with E-state index < -0.39 is 18.6 Å². The molecule has 1 rings (SSSR count). The van der Waals surface area contributed by atoms with E-state index in [4.69, 9.17) is 5.26 Å². The van der Waals surface area contributed by atoms with E-state index in [1.54, 1.807) is 31.5 Å². The summed E-state index contributed by atoms with van der Waals surface area (Å²) in [5.74, 6) is -1.98. The third-order valence-corrected chi connectivity index (χ3v) is 2.39. The van der Waals surface area contributed by atoms with Crippen molar-refractivity contribution in [2.75, 3.05) is 6.54 Å². The van der Waals surface area contributed by atoms with Crippen LogP contribution in [0.15, 0.2) is 24.5 Å². The van der Waals surface area contributed by atoms with Gasteiger partial charge >= 0.3 is 6.18 Å². The minimum atomic E-state index is -4.49. The van der Waals surface area contributed by atoms with Crippen molar-refractivity contribution in [1.29, 1.82) is 5.26 Å². The van der Waals surface area contributed by atoms with E-state index in [-0.39, 0.29) is 6.04 Å². The van der Waals surface area contributed by atoms with Gasteiger partial charge in [0, 0.05) is 25.0 Å². The van der Waals surface area contributed by atoms with Crippen LogP contribution >= 0.6 is 0 Å². The molecule has 92 valence electrons. The number of nitrogens with zero attached hydrogens (tertiary/aromatic N) is 2. The SMILES string of the molecule is CC(NCC(C#N)C(F)(F)F)c1ccncc1. The number of hydrogen-bond donors (Lipinski definition) is 1. The Labute approximate surface area is 97.3 Å². The Bertz CT molecular complexity index is 383. The quantitative estimate of drug-likeness (QED) is 0.883. The standard InChI is InChI=1S/C11H12F3N3/c1-8(9-2-4-16-5-3-9)17-7-10(6-15)11(12,13)14/h2-5,8,10,17H,7H2,1H3. The second-order valence-electron chi connectivity index (χ2n) is 3.63. The molecular weight excluding hydrogens is 231 g/mol. The molecule has 6 heteroatoms. The first-order valence-corrected chi connectivity index (χ1v) is 5.04. The Kier molecular flexibility index (Phi) is 4.46. The predicted octanol–water partition coefficient (Wildman–Crippen LogP) is 2.43. The van der Waals surface area contributed by atoms with Crippen molar-refractivity contribution >= 4 is 0 Å². The van der Waals surface area contributed by atoms with Crippen molar-refractivity contribution in [3.8, 4) is 6.07 Å². The molecule has 1 aromatic heterocycles. The van der Waals surface area contributed by atoms with Crippen LogP contribution < -0.4 is 5.32 Å². The van der Waals surface area contributed by atoms with Gasteiger partial charge in [-0.05, 0) is 24.6 Å². The summed E-state index contributed by atoms with van der Waals surface area (Å²) >= 11 is 0. The lowest BCUT2D eigenvalue weighted by Gasteiger charge is -2.18. The molecule has 0 aliphatic heterocycles. The molecule has 2 atom stereocenters. The summed E-state index contributed by atoms with van der Waals surface area (Å²) in [5, 5.41) is 11.1. The van der Waals surface area contributed by atoms with Crippen LogP contribution in [-0.4, -0.2) is 17.7 Å². The van der Waals surface area contributed by atoms with Gasteiger partial charge in [-0.3, -0.25) is 4.98 Å². The number of halogens is 3. The van der Waals surface area contributed by atoms with Gasteiger partial charge in [-0.1, -0.05) is 0 Å². The van der Waals surface area contributed by atoms with E-state index in [0.717, 1.165) is 5.56 Å². The number of pyridine rings is 1. The van der Waals surface area contributed by atoms with Crippen LogP contribution in [0.1, 0.15) is 18.5 Å². The highest BCUT2D eigenvalue weighted by Crippen LogP contribution is 2.25. The molecule has 0 aromatic carbocycles. The highest BCUT2D eigenvalue weighted by atomic mass is 19.4. The largest absolute Gasteiger partial charge is 0.405 e. The smallest absolute Gasteiger partial charge is 0.309 e. The van der Waals surface area contributed by atoms with Gasteiger partial charge in [0.1, 0.15) is 0 Å². The molecule has 1 aromatic rings. The fourth-order valence-electron chi connectivity index (χ4n) is 1.30. The minimum Gasteiger partial charge on any atom is -0.309 e. The summed E-state index contributed by atoms with van der Waals surface area (Å²) in [4.78, 5) is 3.82. The minimum absolute atomic E-state index is 0.254. The maximum Gasteiger partial charge on any atom is 0.405 e. The Morgan fingerprint density at radius 1 is 1.41 bits per heavy atom. The Morgan fingerprint density at radius 2 is 2.00 bits per heavy atom. The van der Waals surface area contributed by atoms with Crippen LogP contribution in [0.4, 0.5) is 13.2 Å². The molecule has 0 aliphatic rings. The van der Waals surface area contributed by atoms with Gasteiger partial charge in [0.2, 0.25) is 0 Å². The van der Waals surface area contributed by atoms with E-state index in [2.05, 4.69) is 10.3 Å². The molecule has 17 heavy (non-hydrogen) atoms. The van der Waals surface area contributed by atoms with Crippen LogP contribution in [0.25, 0.3) is 0 Å². The molecular formula is C11H12F3N3. The lowest BCUT2D eigenvalue weighted by atomic mass is 10.1. The van der Waals surface area contributed by atoms with Crippen LogP contribution in [0.3, 0.4) is 0 Å². The van der Waals surface area contributed by atoms with Crippen molar-refractivity contribution in [2.24, 2.45) is 5.92 Å². The molecule has 0 saturated heterocycles. The third kappa shape index (κ3) is 4.04. The lowest BCUT2D eigenvalue weighted by Crippen LogP contribution is -2.33. The zero-order chi connectivity index (χ0) is 12.9. The Balaban J connectivity index is 2.54. The molecule has 1 heterocycles. The molecule has 1 N–H and O–H groups in total. The first kappa shape index (κ1) is 13.5. The topological polar surface area (TPSA) is 48.7 Å². The number of aromatic nitrogens is 1. The van der Waals surface area contributed by atoms with Gasteiger partial charge in [-0.25, -0.2) is 0 Å². The summed E-state index contributed by atoms with van der Waals surface area (Å²) in [6.45, 7) is 1.32. The van der Waals surface area contributed by atoms with Gasteiger partial charge < -0.3 is 5.32 Å². The van der Waals surface area contributed by atoms with Crippen molar-refractivity contribution in [2.45, 2.75) is 19.1 Å². The number of nitrogens with one attached hydrogen (secondary N) is 1. The van der Waals surface area contributed by atoms with Crippen molar-refractivity contribution in [1.82, 2.24) is 10.3 Å². The summed E-state index contributed by atoms with van der Waals surface area (Å²) < 4.78 is 36.9. The molecule has 0 spiro atoms. The third-order valence-electron chi connectivity index (χ3n) is 2.39. The summed E-state index contributed by atoms with van der Waals surface area (Å²) in [6.07, 6.45) is -1.35. The fourth-order valence-corrected chi connectivity index (χ4v) is 1.30. The second-order valence-corrected chi connectivity index (χ2v) is 3.63. The maximum atomic E-state index is 12.3. The van der Waals surface area contributed by atoms with E-state index in [1.165, 1.54) is 6.07 Å². The second kappa shape index (κ2) is 5.64. The lowest BCUT2D eigenvalue weighted by molar-refractivity contribution is -0.157. The van der Waals surface area contributed by atoms with Gasteiger partial charge in [0.05, 0.1) is 6.07 Å². The molecule has 2 unspecified atom stereocenters. The molecule has 0 aliphatic carbocycles. The van der Waals surface area contributed by atoms with E-state index in [9.17, 15) is 13.2 Å². The number of hydrogen-bond acceptors (Lipinski definition) is 3. The molecule has 0 radical (unpaired) electrons. The molecule has 0 saturated carbocycles. The zero-order valence-electron chi connectivity index (χ0n) is 9.20. The van der Waals surface area contributed by atoms with Crippen LogP contribution in [0.5, 0.6) is 0 Å². The number of nitriles is 1. The first-order chi connectivity index (χ1) is 7.95. The van der Waals surface area contributed by atoms with Gasteiger partial charge in [0.15, 0.2) is 5.92 Å². The van der Waals surface area contributed by atoms with E-state index >= 15 is 0 Å². The van der Waals surface area contributed by atoms with Crippen LogP contribution in [-0.2, 0) is 0 Å². The fraction of sp³-hybridized carbons (Fsp3) is 0.455. The highest BCUT2D eigenvalue weighted by Gasteiger charge is 2.39. The van der Waals surface area contributed by atoms with E-state index in [1.807, 2.05) is 0 Å². The molecule has 0 fully saturated rings. The number of alkyl halides is 3. The average Bonchev–Trinajstić information content (AvgIpc) is 2.29. The maximum absolute atomic E-state index is 12.3. The molecule has 0 bridgehead atoms. The summed E-state index contributed by atoms with van der Waals surface area (Å²) in [6, 6.07) is 4.43.